The molecular formula is C26H26N4O7S2. The van der Waals surface area contributed by atoms with Crippen molar-refractivity contribution >= 4 is 37.4 Å². The molecule has 2 aromatic carbocycles. The van der Waals surface area contributed by atoms with Crippen LogP contribution in [0.5, 0.6) is 11.5 Å². The number of aryl methyl sites for hydroxylation is 1. The van der Waals surface area contributed by atoms with Crippen LogP contribution in [0.25, 0.3) is 21.5 Å². The van der Waals surface area contributed by atoms with E-state index in [0.717, 1.165) is 4.68 Å². The molecule has 39 heavy (non-hydrogen) atoms. The Balaban J connectivity index is 1.53. The maximum Gasteiger partial charge on any atom is 0.294 e. The maximum absolute atomic E-state index is 13.3. The van der Waals surface area contributed by atoms with Gasteiger partial charge in [0.25, 0.3) is 5.56 Å². The summed E-state index contributed by atoms with van der Waals surface area (Å²) < 4.78 is 45.2. The highest BCUT2D eigenvalue weighted by atomic mass is 32.2. The first kappa shape index (κ1) is 26.9. The van der Waals surface area contributed by atoms with Gasteiger partial charge in [0.15, 0.2) is 22.8 Å². The average Bonchev–Trinajstić information content (AvgIpc) is 3.36. The van der Waals surface area contributed by atoms with Gasteiger partial charge in [0, 0.05) is 24.2 Å². The van der Waals surface area contributed by atoms with Gasteiger partial charge in [-0.15, -0.1) is 11.3 Å². The molecule has 0 saturated carbocycles. The van der Waals surface area contributed by atoms with E-state index < -0.39 is 27.9 Å². The highest BCUT2D eigenvalue weighted by Gasteiger charge is 2.27. The minimum atomic E-state index is -3.79. The summed E-state index contributed by atoms with van der Waals surface area (Å²) in [5.41, 5.74) is 0.965. The van der Waals surface area contributed by atoms with Crippen molar-refractivity contribution in [1.82, 2.24) is 19.1 Å². The van der Waals surface area contributed by atoms with E-state index in [9.17, 15) is 18.0 Å². The van der Waals surface area contributed by atoms with Gasteiger partial charge in [0.2, 0.25) is 10.0 Å². The van der Waals surface area contributed by atoms with Crippen LogP contribution in [0.4, 0.5) is 0 Å². The van der Waals surface area contributed by atoms with Crippen molar-refractivity contribution in [2.75, 3.05) is 40.5 Å². The summed E-state index contributed by atoms with van der Waals surface area (Å²) in [6, 6.07) is 11.1. The number of morpholine rings is 1. The molecule has 1 aliphatic rings. The van der Waals surface area contributed by atoms with Gasteiger partial charge in [-0.3, -0.25) is 9.59 Å². The number of rotatable bonds is 8. The van der Waals surface area contributed by atoms with E-state index in [1.165, 1.54) is 54.1 Å². The number of benzene rings is 2. The Bertz CT molecular complexity index is 1720. The second-order valence-electron chi connectivity index (χ2n) is 8.76. The first-order valence-corrected chi connectivity index (χ1v) is 14.3. The lowest BCUT2D eigenvalue weighted by Crippen LogP contribution is -2.40. The third-order valence-corrected chi connectivity index (χ3v) is 9.19. The maximum atomic E-state index is 13.3. The molecule has 0 radical (unpaired) electrons. The van der Waals surface area contributed by atoms with Gasteiger partial charge in [0.1, 0.15) is 12.2 Å². The first-order chi connectivity index (χ1) is 18.7. The number of ether oxygens (including phenoxy) is 3. The van der Waals surface area contributed by atoms with Gasteiger partial charge in [-0.25, -0.2) is 18.1 Å². The van der Waals surface area contributed by atoms with Crippen molar-refractivity contribution in [3.63, 3.8) is 0 Å². The predicted octanol–water partition coefficient (Wildman–Crippen LogP) is 2.75. The summed E-state index contributed by atoms with van der Waals surface area (Å²) in [7, 11) is -0.737. The Morgan fingerprint density at radius 2 is 1.82 bits per heavy atom. The van der Waals surface area contributed by atoms with E-state index >= 15 is 0 Å². The summed E-state index contributed by atoms with van der Waals surface area (Å²) >= 11 is 1.33. The van der Waals surface area contributed by atoms with Crippen molar-refractivity contribution in [2.24, 2.45) is 0 Å². The largest absolute Gasteiger partial charge is 0.493 e. The van der Waals surface area contributed by atoms with Gasteiger partial charge >= 0.3 is 0 Å². The Morgan fingerprint density at radius 3 is 2.54 bits per heavy atom. The fourth-order valence-corrected chi connectivity index (χ4v) is 6.71. The zero-order chi connectivity index (χ0) is 27.7. The van der Waals surface area contributed by atoms with Gasteiger partial charge in [-0.1, -0.05) is 12.1 Å². The zero-order valence-corrected chi connectivity index (χ0v) is 23.2. The minimum absolute atomic E-state index is 0.00662. The molecule has 0 aliphatic carbocycles. The highest BCUT2D eigenvalue weighted by molar-refractivity contribution is 7.89. The van der Waals surface area contributed by atoms with E-state index in [0.29, 0.717) is 45.7 Å². The summed E-state index contributed by atoms with van der Waals surface area (Å²) in [6.45, 7) is 2.50. The van der Waals surface area contributed by atoms with Crippen LogP contribution >= 0.6 is 11.3 Å². The van der Waals surface area contributed by atoms with E-state index in [1.807, 2.05) is 0 Å². The number of hydrogen-bond donors (Lipinski definition) is 0. The summed E-state index contributed by atoms with van der Waals surface area (Å²) in [5, 5.41) is 5.22. The SMILES string of the molecule is COc1ccc(-c2nn(CC(=O)c3cccc(S(=O)(=O)N4CCOCC4)c3)c(=O)c3nc(C)sc23)cc1OC. The number of ketones is 1. The number of hydrogen-bond acceptors (Lipinski definition) is 10. The number of nitrogens with zero attached hydrogens (tertiary/aromatic N) is 4. The molecule has 1 aliphatic heterocycles. The highest BCUT2D eigenvalue weighted by Crippen LogP contribution is 2.35. The lowest BCUT2D eigenvalue weighted by Gasteiger charge is -2.26. The molecule has 0 N–H and O–H groups in total. The number of thiazole rings is 1. The van der Waals surface area contributed by atoms with E-state index in [1.54, 1.807) is 25.1 Å². The Labute approximate surface area is 228 Å². The predicted molar refractivity (Wildman–Crippen MR) is 145 cm³/mol. The number of carbonyl (C=O) groups excluding carboxylic acids is 1. The van der Waals surface area contributed by atoms with Crippen molar-refractivity contribution in [3.8, 4) is 22.8 Å². The standard InChI is InChI=1S/C26H26N4O7S2/c1-16-27-24-25(38-16)23(18-7-8-21(35-2)22(14-18)36-3)28-30(26(24)32)15-20(31)17-5-4-6-19(13-17)39(33,34)29-9-11-37-12-10-29/h4-8,13-14H,9-12,15H2,1-3H3. The number of aromatic nitrogens is 3. The van der Waals surface area contributed by atoms with Crippen LogP contribution in [0.1, 0.15) is 15.4 Å². The monoisotopic (exact) mass is 570 g/mol. The van der Waals surface area contributed by atoms with Gasteiger partial charge in [-0.2, -0.15) is 9.40 Å². The molecule has 1 fully saturated rings. The minimum Gasteiger partial charge on any atom is -0.493 e. The number of Topliss-reactive ketones (excluding diaryl/α,β-unsaturated/α-hetero) is 1. The van der Waals surface area contributed by atoms with Gasteiger partial charge < -0.3 is 14.2 Å². The van der Waals surface area contributed by atoms with Crippen LogP contribution < -0.4 is 15.0 Å². The summed E-state index contributed by atoms with van der Waals surface area (Å²) in [6.07, 6.45) is 0. The lowest BCUT2D eigenvalue weighted by atomic mass is 10.1. The fraction of sp³-hybridized carbons (Fsp3) is 0.308. The molecule has 204 valence electrons. The molecule has 3 heterocycles. The molecule has 0 amide bonds. The smallest absolute Gasteiger partial charge is 0.294 e. The third kappa shape index (κ3) is 5.17. The van der Waals surface area contributed by atoms with Crippen molar-refractivity contribution in [2.45, 2.75) is 18.4 Å². The van der Waals surface area contributed by atoms with Crippen LogP contribution in [0.2, 0.25) is 0 Å². The normalized spacial score (nSPS) is 14.4. The first-order valence-electron chi connectivity index (χ1n) is 12.0. The third-order valence-electron chi connectivity index (χ3n) is 6.32. The van der Waals surface area contributed by atoms with Crippen LogP contribution in [-0.4, -0.2) is 73.8 Å². The topological polar surface area (TPSA) is 130 Å². The fourth-order valence-electron chi connectivity index (χ4n) is 4.34. The number of sulfonamides is 1. The molecule has 1 saturated heterocycles. The van der Waals surface area contributed by atoms with Gasteiger partial charge in [-0.05, 0) is 37.3 Å². The molecule has 0 spiro atoms. The number of methoxy groups -OCH3 is 2. The van der Waals surface area contributed by atoms with Crippen LogP contribution in [0, 0.1) is 6.92 Å². The lowest BCUT2D eigenvalue weighted by molar-refractivity contribution is 0.0730. The summed E-state index contributed by atoms with van der Waals surface area (Å²) in [5.74, 6) is 0.555. The van der Waals surface area contributed by atoms with E-state index in [-0.39, 0.29) is 29.1 Å². The van der Waals surface area contributed by atoms with Crippen molar-refractivity contribution in [3.05, 3.63) is 63.4 Å². The van der Waals surface area contributed by atoms with Crippen LogP contribution in [-0.2, 0) is 21.3 Å². The Morgan fingerprint density at radius 1 is 1.08 bits per heavy atom. The number of fused-ring (bicyclic) bond motifs is 1. The summed E-state index contributed by atoms with van der Waals surface area (Å²) in [4.78, 5) is 31.0. The van der Waals surface area contributed by atoms with E-state index in [4.69, 9.17) is 14.2 Å². The van der Waals surface area contributed by atoms with Crippen LogP contribution in [0.15, 0.2) is 52.2 Å². The molecule has 13 heteroatoms. The quantitative estimate of drug-likeness (QED) is 0.294. The second kappa shape index (κ2) is 10.8. The molecule has 11 nitrogen and oxygen atoms in total. The van der Waals surface area contributed by atoms with E-state index in [2.05, 4.69) is 10.1 Å². The zero-order valence-electron chi connectivity index (χ0n) is 21.5. The van der Waals surface area contributed by atoms with Crippen LogP contribution in [0.3, 0.4) is 0 Å². The molecule has 0 unspecified atom stereocenters. The van der Waals surface area contributed by atoms with Gasteiger partial charge in [0.05, 0.1) is 42.0 Å². The average molecular weight is 571 g/mol. The molecule has 0 atom stereocenters. The number of carbonyl (C=O) groups is 1. The van der Waals surface area contributed by atoms with Crippen molar-refractivity contribution < 1.29 is 27.4 Å². The molecule has 4 aromatic rings. The molecule has 2 aromatic heterocycles. The van der Waals surface area contributed by atoms with Crippen molar-refractivity contribution in [1.29, 1.82) is 0 Å². The molecular weight excluding hydrogens is 544 g/mol. The Kier molecular flexibility index (Phi) is 7.49. The molecule has 0 bridgehead atoms. The second-order valence-corrected chi connectivity index (χ2v) is 11.9. The Hall–Kier alpha value is -3.65. The molecule has 5 rings (SSSR count).